The standard InChI is InChI=1S/C14H12N2O/c17-9-10-1-3-11(4-2-10)13-7-15-14(16-8-13)12-5-6-12/h1-4,7-9,12H,5-6H2. The van der Waals surface area contributed by atoms with E-state index in [1.54, 1.807) is 12.1 Å². The van der Waals surface area contributed by atoms with Crippen molar-refractivity contribution in [3.63, 3.8) is 0 Å². The predicted molar refractivity (Wildman–Crippen MR) is 64.8 cm³/mol. The molecule has 84 valence electrons. The molecule has 1 aromatic carbocycles. The van der Waals surface area contributed by atoms with Crippen LogP contribution in [-0.4, -0.2) is 16.3 Å². The Morgan fingerprint density at radius 2 is 1.65 bits per heavy atom. The number of aromatic nitrogens is 2. The molecule has 0 bridgehead atoms. The fourth-order valence-corrected chi connectivity index (χ4v) is 1.79. The van der Waals surface area contributed by atoms with E-state index in [1.165, 1.54) is 12.8 Å². The Balaban J connectivity index is 1.88. The van der Waals surface area contributed by atoms with Gasteiger partial charge < -0.3 is 0 Å². The Morgan fingerprint density at radius 3 is 2.18 bits per heavy atom. The summed E-state index contributed by atoms with van der Waals surface area (Å²) >= 11 is 0. The lowest BCUT2D eigenvalue weighted by atomic mass is 10.1. The summed E-state index contributed by atoms with van der Waals surface area (Å²) in [4.78, 5) is 19.3. The van der Waals surface area contributed by atoms with E-state index in [4.69, 9.17) is 0 Å². The van der Waals surface area contributed by atoms with E-state index in [2.05, 4.69) is 9.97 Å². The minimum Gasteiger partial charge on any atom is -0.298 e. The molecule has 1 aliphatic rings. The minimum atomic E-state index is 0.585. The highest BCUT2D eigenvalue weighted by atomic mass is 16.1. The van der Waals surface area contributed by atoms with Crippen molar-refractivity contribution in [2.75, 3.05) is 0 Å². The van der Waals surface area contributed by atoms with Crippen LogP contribution < -0.4 is 0 Å². The first kappa shape index (κ1) is 10.1. The maximum Gasteiger partial charge on any atom is 0.150 e. The van der Waals surface area contributed by atoms with Crippen molar-refractivity contribution in [2.45, 2.75) is 18.8 Å². The molecule has 0 amide bonds. The zero-order valence-corrected chi connectivity index (χ0v) is 9.34. The molecule has 17 heavy (non-hydrogen) atoms. The van der Waals surface area contributed by atoms with Crippen molar-refractivity contribution in [3.8, 4) is 11.1 Å². The zero-order chi connectivity index (χ0) is 11.7. The molecular formula is C14H12N2O. The normalized spacial score (nSPS) is 14.6. The summed E-state index contributed by atoms with van der Waals surface area (Å²) in [5.41, 5.74) is 2.72. The van der Waals surface area contributed by atoms with Gasteiger partial charge in [0, 0.05) is 29.4 Å². The van der Waals surface area contributed by atoms with Crippen LogP contribution in [0.25, 0.3) is 11.1 Å². The van der Waals surface area contributed by atoms with Crippen LogP contribution in [0.5, 0.6) is 0 Å². The quantitative estimate of drug-likeness (QED) is 0.753. The molecule has 1 heterocycles. The second-order valence-electron chi connectivity index (χ2n) is 4.34. The summed E-state index contributed by atoms with van der Waals surface area (Å²) in [5.74, 6) is 1.54. The molecule has 1 aliphatic carbocycles. The molecule has 3 heteroatoms. The third-order valence-electron chi connectivity index (χ3n) is 2.99. The Labute approximate surface area is 99.5 Å². The van der Waals surface area contributed by atoms with Gasteiger partial charge in [-0.25, -0.2) is 9.97 Å². The van der Waals surface area contributed by atoms with Gasteiger partial charge >= 0.3 is 0 Å². The molecule has 3 rings (SSSR count). The largest absolute Gasteiger partial charge is 0.298 e. The monoisotopic (exact) mass is 224 g/mol. The number of carbonyl (C=O) groups excluding carboxylic acids is 1. The number of hydrogen-bond acceptors (Lipinski definition) is 3. The second-order valence-corrected chi connectivity index (χ2v) is 4.34. The number of carbonyl (C=O) groups is 1. The van der Waals surface area contributed by atoms with Crippen molar-refractivity contribution >= 4 is 6.29 Å². The Kier molecular flexibility index (Phi) is 2.44. The lowest BCUT2D eigenvalue weighted by Crippen LogP contribution is -1.92. The Bertz CT molecular complexity index is 527. The number of nitrogens with zero attached hydrogens (tertiary/aromatic N) is 2. The smallest absolute Gasteiger partial charge is 0.150 e. The molecule has 0 N–H and O–H groups in total. The van der Waals surface area contributed by atoms with Gasteiger partial charge in [0.05, 0.1) is 0 Å². The van der Waals surface area contributed by atoms with E-state index in [-0.39, 0.29) is 0 Å². The van der Waals surface area contributed by atoms with Gasteiger partial charge in [-0.05, 0) is 18.4 Å². The van der Waals surface area contributed by atoms with Crippen molar-refractivity contribution in [1.29, 1.82) is 0 Å². The van der Waals surface area contributed by atoms with E-state index < -0.39 is 0 Å². The highest BCUT2D eigenvalue weighted by Gasteiger charge is 2.26. The lowest BCUT2D eigenvalue weighted by molar-refractivity contribution is 0.112. The molecule has 0 saturated heterocycles. The summed E-state index contributed by atoms with van der Waals surface area (Å²) in [5, 5.41) is 0. The van der Waals surface area contributed by atoms with Crippen LogP contribution in [0.15, 0.2) is 36.7 Å². The molecule has 2 aromatic rings. The zero-order valence-electron chi connectivity index (χ0n) is 9.34. The van der Waals surface area contributed by atoms with Gasteiger partial charge in [0.25, 0.3) is 0 Å². The van der Waals surface area contributed by atoms with Gasteiger partial charge in [-0.3, -0.25) is 4.79 Å². The summed E-state index contributed by atoms with van der Waals surface area (Å²) in [7, 11) is 0. The van der Waals surface area contributed by atoms with Gasteiger partial charge in [-0.2, -0.15) is 0 Å². The summed E-state index contributed by atoms with van der Waals surface area (Å²) in [6.45, 7) is 0. The number of rotatable bonds is 3. The molecule has 0 atom stereocenters. The minimum absolute atomic E-state index is 0.585. The van der Waals surface area contributed by atoms with E-state index in [0.717, 1.165) is 23.2 Å². The topological polar surface area (TPSA) is 42.9 Å². The van der Waals surface area contributed by atoms with Crippen molar-refractivity contribution in [2.24, 2.45) is 0 Å². The fraction of sp³-hybridized carbons (Fsp3) is 0.214. The molecule has 0 spiro atoms. The first-order valence-electron chi connectivity index (χ1n) is 5.74. The number of aldehydes is 1. The third-order valence-corrected chi connectivity index (χ3v) is 2.99. The van der Waals surface area contributed by atoms with E-state index in [0.29, 0.717) is 11.5 Å². The average molecular weight is 224 g/mol. The van der Waals surface area contributed by atoms with E-state index in [1.807, 2.05) is 24.5 Å². The second kappa shape index (κ2) is 4.09. The first-order valence-corrected chi connectivity index (χ1v) is 5.74. The molecule has 0 aliphatic heterocycles. The Morgan fingerprint density at radius 1 is 1.00 bits per heavy atom. The van der Waals surface area contributed by atoms with Gasteiger partial charge in [-0.1, -0.05) is 24.3 Å². The first-order chi connectivity index (χ1) is 8.36. The van der Waals surface area contributed by atoms with Crippen LogP contribution in [0.4, 0.5) is 0 Å². The van der Waals surface area contributed by atoms with E-state index >= 15 is 0 Å². The highest BCUT2D eigenvalue weighted by molar-refractivity contribution is 5.76. The van der Waals surface area contributed by atoms with E-state index in [9.17, 15) is 4.79 Å². The fourth-order valence-electron chi connectivity index (χ4n) is 1.79. The predicted octanol–water partition coefficient (Wildman–Crippen LogP) is 2.83. The van der Waals surface area contributed by atoms with Crippen LogP contribution in [0.2, 0.25) is 0 Å². The molecule has 1 saturated carbocycles. The summed E-state index contributed by atoms with van der Waals surface area (Å²) in [6, 6.07) is 7.44. The molecule has 1 aromatic heterocycles. The maximum absolute atomic E-state index is 10.6. The van der Waals surface area contributed by atoms with Crippen molar-refractivity contribution in [3.05, 3.63) is 48.0 Å². The maximum atomic E-state index is 10.6. The van der Waals surface area contributed by atoms with Crippen LogP contribution in [0, 0.1) is 0 Å². The van der Waals surface area contributed by atoms with Crippen LogP contribution >= 0.6 is 0 Å². The molecule has 3 nitrogen and oxygen atoms in total. The van der Waals surface area contributed by atoms with Gasteiger partial charge in [-0.15, -0.1) is 0 Å². The van der Waals surface area contributed by atoms with Crippen LogP contribution in [0.3, 0.4) is 0 Å². The molecule has 0 radical (unpaired) electrons. The van der Waals surface area contributed by atoms with Crippen LogP contribution in [0.1, 0.15) is 34.9 Å². The number of hydrogen-bond donors (Lipinski definition) is 0. The molecule has 1 fully saturated rings. The summed E-state index contributed by atoms with van der Waals surface area (Å²) in [6.07, 6.45) is 6.99. The van der Waals surface area contributed by atoms with Crippen LogP contribution in [-0.2, 0) is 0 Å². The van der Waals surface area contributed by atoms with Crippen molar-refractivity contribution < 1.29 is 4.79 Å². The SMILES string of the molecule is O=Cc1ccc(-c2cnc(C3CC3)nc2)cc1. The van der Waals surface area contributed by atoms with Gasteiger partial charge in [0.15, 0.2) is 0 Å². The highest BCUT2D eigenvalue weighted by Crippen LogP contribution is 2.37. The van der Waals surface area contributed by atoms with Crippen molar-refractivity contribution in [1.82, 2.24) is 9.97 Å². The van der Waals surface area contributed by atoms with Gasteiger partial charge in [0.2, 0.25) is 0 Å². The number of benzene rings is 1. The molecule has 0 unspecified atom stereocenters. The Hall–Kier alpha value is -2.03. The lowest BCUT2D eigenvalue weighted by Gasteiger charge is -2.02. The molecular weight excluding hydrogens is 212 g/mol. The summed E-state index contributed by atoms with van der Waals surface area (Å²) < 4.78 is 0. The average Bonchev–Trinajstić information content (AvgIpc) is 3.24. The van der Waals surface area contributed by atoms with Gasteiger partial charge in [0.1, 0.15) is 12.1 Å². The third kappa shape index (κ3) is 2.09.